The van der Waals surface area contributed by atoms with Crippen molar-refractivity contribution >= 4 is 17.5 Å². The Balaban J connectivity index is 2.28. The molecule has 0 amide bonds. The summed E-state index contributed by atoms with van der Waals surface area (Å²) in [6.07, 6.45) is 1.06. The van der Waals surface area contributed by atoms with Crippen LogP contribution >= 0.6 is 0 Å². The molecule has 0 aliphatic rings. The van der Waals surface area contributed by atoms with Crippen LogP contribution in [-0.4, -0.2) is 14.9 Å². The number of halogens is 1. The van der Waals surface area contributed by atoms with Crippen LogP contribution in [0.5, 0.6) is 0 Å². The average Bonchev–Trinajstić information content (AvgIpc) is 2.47. The fraction of sp³-hybridized carbons (Fsp3) is 0.167. The first-order valence-corrected chi connectivity index (χ1v) is 6.01. The zero-order chi connectivity index (χ0) is 15.4. The predicted molar refractivity (Wildman–Crippen MR) is 74.9 cm³/mol. The third-order valence-electron chi connectivity index (χ3n) is 2.82. The number of nitro groups is 1. The monoisotopic (exact) mass is 292 g/mol. The lowest BCUT2D eigenvalue weighted by molar-refractivity contribution is -0.384. The average molecular weight is 292 g/mol. The van der Waals surface area contributed by atoms with Gasteiger partial charge in [0.2, 0.25) is 11.8 Å². The lowest BCUT2D eigenvalue weighted by Gasteiger charge is -2.15. The molecule has 1 aromatic carbocycles. The van der Waals surface area contributed by atoms with E-state index in [4.69, 9.17) is 5.84 Å². The summed E-state index contributed by atoms with van der Waals surface area (Å²) in [6.45, 7) is 1.77. The summed E-state index contributed by atoms with van der Waals surface area (Å²) in [7, 11) is 0. The Bertz CT molecular complexity index is 649. The van der Waals surface area contributed by atoms with Crippen LogP contribution < -0.4 is 16.6 Å². The minimum atomic E-state index is -0.597. The molecule has 2 aromatic rings. The normalized spacial score (nSPS) is 11.8. The van der Waals surface area contributed by atoms with Gasteiger partial charge in [-0.2, -0.15) is 4.98 Å². The Morgan fingerprint density at radius 2 is 2.05 bits per heavy atom. The molecule has 0 spiro atoms. The third kappa shape index (κ3) is 3.39. The first kappa shape index (κ1) is 14.6. The number of anilines is 2. The zero-order valence-electron chi connectivity index (χ0n) is 11.1. The molecule has 0 saturated carbocycles. The van der Waals surface area contributed by atoms with Crippen molar-refractivity contribution < 1.29 is 9.31 Å². The van der Waals surface area contributed by atoms with E-state index < -0.39 is 4.92 Å². The lowest BCUT2D eigenvalue weighted by Crippen LogP contribution is -2.14. The smallest absolute Gasteiger partial charge is 0.329 e. The highest BCUT2D eigenvalue weighted by atomic mass is 19.1. The number of hydrogen-bond donors (Lipinski definition) is 3. The van der Waals surface area contributed by atoms with E-state index in [2.05, 4.69) is 20.7 Å². The molecule has 1 heterocycles. The summed E-state index contributed by atoms with van der Waals surface area (Å²) in [4.78, 5) is 18.0. The first-order chi connectivity index (χ1) is 10.0. The molecule has 9 heteroatoms. The quantitative estimate of drug-likeness (QED) is 0.438. The highest BCUT2D eigenvalue weighted by Crippen LogP contribution is 2.26. The van der Waals surface area contributed by atoms with Gasteiger partial charge in [0.05, 0.1) is 11.0 Å². The van der Waals surface area contributed by atoms with Gasteiger partial charge >= 0.3 is 5.69 Å². The summed E-state index contributed by atoms with van der Waals surface area (Å²) in [5.74, 6) is 4.91. The lowest BCUT2D eigenvalue weighted by atomic mass is 10.1. The van der Waals surface area contributed by atoms with Crippen molar-refractivity contribution in [1.29, 1.82) is 0 Å². The molecule has 0 fully saturated rings. The van der Waals surface area contributed by atoms with Crippen molar-refractivity contribution in [3.05, 3.63) is 52.0 Å². The molecule has 8 nitrogen and oxygen atoms in total. The van der Waals surface area contributed by atoms with Gasteiger partial charge in [-0.1, -0.05) is 12.1 Å². The molecule has 2 rings (SSSR count). The van der Waals surface area contributed by atoms with E-state index in [1.807, 2.05) is 0 Å². The van der Waals surface area contributed by atoms with Gasteiger partial charge in [-0.05, 0) is 24.6 Å². The van der Waals surface area contributed by atoms with Crippen molar-refractivity contribution in [3.63, 3.8) is 0 Å². The summed E-state index contributed by atoms with van der Waals surface area (Å²) < 4.78 is 12.9. The van der Waals surface area contributed by atoms with Crippen LogP contribution in [0.15, 0.2) is 30.5 Å². The SMILES string of the molecule is CC(Nc1nc(NN)ncc1[N+](=O)[O-])c1ccc(F)cc1. The van der Waals surface area contributed by atoms with E-state index in [-0.39, 0.29) is 29.3 Å². The van der Waals surface area contributed by atoms with Crippen molar-refractivity contribution in [2.24, 2.45) is 5.84 Å². The van der Waals surface area contributed by atoms with E-state index in [1.54, 1.807) is 19.1 Å². The Hall–Kier alpha value is -2.81. The van der Waals surface area contributed by atoms with Gasteiger partial charge in [-0.25, -0.2) is 15.2 Å². The maximum atomic E-state index is 12.9. The number of hydrogen-bond acceptors (Lipinski definition) is 7. The van der Waals surface area contributed by atoms with Gasteiger partial charge in [0.1, 0.15) is 12.0 Å². The van der Waals surface area contributed by atoms with Crippen LogP contribution in [0.25, 0.3) is 0 Å². The molecule has 0 bridgehead atoms. The van der Waals surface area contributed by atoms with Crippen LogP contribution in [0.1, 0.15) is 18.5 Å². The summed E-state index contributed by atoms with van der Waals surface area (Å²) >= 11 is 0. The number of aromatic nitrogens is 2. The van der Waals surface area contributed by atoms with Crippen LogP contribution in [-0.2, 0) is 0 Å². The number of nitrogen functional groups attached to an aromatic ring is 1. The Morgan fingerprint density at radius 3 is 2.62 bits per heavy atom. The summed E-state index contributed by atoms with van der Waals surface area (Å²) in [5, 5.41) is 13.9. The Kier molecular flexibility index (Phi) is 4.24. The van der Waals surface area contributed by atoms with E-state index in [0.717, 1.165) is 11.8 Å². The van der Waals surface area contributed by atoms with Gasteiger partial charge < -0.3 is 5.32 Å². The van der Waals surface area contributed by atoms with Crippen molar-refractivity contribution in [1.82, 2.24) is 9.97 Å². The Labute approximate surface area is 119 Å². The molecule has 1 aromatic heterocycles. The molecule has 1 unspecified atom stereocenters. The van der Waals surface area contributed by atoms with E-state index in [1.165, 1.54) is 12.1 Å². The summed E-state index contributed by atoms with van der Waals surface area (Å²) in [6, 6.07) is 5.48. The molecule has 0 aliphatic carbocycles. The second-order valence-electron chi connectivity index (χ2n) is 4.25. The fourth-order valence-electron chi connectivity index (χ4n) is 1.72. The largest absolute Gasteiger partial charge is 0.358 e. The molecule has 0 radical (unpaired) electrons. The van der Waals surface area contributed by atoms with E-state index in [9.17, 15) is 14.5 Å². The topological polar surface area (TPSA) is 119 Å². The minimum Gasteiger partial charge on any atom is -0.358 e. The number of nitrogens with two attached hydrogens (primary N) is 1. The molecule has 110 valence electrons. The van der Waals surface area contributed by atoms with Crippen molar-refractivity contribution in [2.75, 3.05) is 10.7 Å². The van der Waals surface area contributed by atoms with E-state index in [0.29, 0.717) is 0 Å². The molecular weight excluding hydrogens is 279 g/mol. The zero-order valence-corrected chi connectivity index (χ0v) is 11.1. The second-order valence-corrected chi connectivity index (χ2v) is 4.25. The Morgan fingerprint density at radius 1 is 1.38 bits per heavy atom. The van der Waals surface area contributed by atoms with Crippen LogP contribution in [0.2, 0.25) is 0 Å². The highest BCUT2D eigenvalue weighted by molar-refractivity contribution is 5.57. The van der Waals surface area contributed by atoms with Crippen molar-refractivity contribution in [3.8, 4) is 0 Å². The maximum absolute atomic E-state index is 12.9. The summed E-state index contributed by atoms with van der Waals surface area (Å²) in [5.41, 5.74) is 2.70. The number of nitrogens with one attached hydrogen (secondary N) is 2. The molecule has 21 heavy (non-hydrogen) atoms. The number of nitrogens with zero attached hydrogens (tertiary/aromatic N) is 3. The van der Waals surface area contributed by atoms with Crippen LogP contribution in [0, 0.1) is 15.9 Å². The molecule has 0 aliphatic heterocycles. The van der Waals surface area contributed by atoms with Gasteiger partial charge in [0.15, 0.2) is 0 Å². The third-order valence-corrected chi connectivity index (χ3v) is 2.82. The van der Waals surface area contributed by atoms with Gasteiger partial charge in [0, 0.05) is 0 Å². The van der Waals surface area contributed by atoms with Gasteiger partial charge in [-0.3, -0.25) is 15.5 Å². The molecular formula is C12H13FN6O2. The molecule has 0 saturated heterocycles. The predicted octanol–water partition coefficient (Wildman–Crippen LogP) is 1.98. The van der Waals surface area contributed by atoms with Crippen molar-refractivity contribution in [2.45, 2.75) is 13.0 Å². The second kappa shape index (κ2) is 6.09. The molecule has 4 N–H and O–H groups in total. The van der Waals surface area contributed by atoms with Gasteiger partial charge in [-0.15, -0.1) is 0 Å². The first-order valence-electron chi connectivity index (χ1n) is 6.01. The maximum Gasteiger partial charge on any atom is 0.329 e. The number of benzene rings is 1. The number of rotatable bonds is 5. The van der Waals surface area contributed by atoms with Gasteiger partial charge in [0.25, 0.3) is 0 Å². The standard InChI is InChI=1S/C12H13FN6O2/c1-7(8-2-4-9(13)5-3-8)16-11-10(19(20)21)6-15-12(17-11)18-14/h2-7H,14H2,1H3,(H2,15,16,17,18). The highest BCUT2D eigenvalue weighted by Gasteiger charge is 2.19. The van der Waals surface area contributed by atoms with E-state index >= 15 is 0 Å². The number of hydrazine groups is 1. The minimum absolute atomic E-state index is 0.0276. The molecule has 1 atom stereocenters. The van der Waals surface area contributed by atoms with Crippen LogP contribution in [0.4, 0.5) is 21.8 Å². The van der Waals surface area contributed by atoms with Crippen LogP contribution in [0.3, 0.4) is 0 Å². The fourth-order valence-corrected chi connectivity index (χ4v) is 1.72.